The highest BCUT2D eigenvalue weighted by molar-refractivity contribution is 5.83. The summed E-state index contributed by atoms with van der Waals surface area (Å²) in [5.74, 6) is -1.59. The molecule has 1 fully saturated rings. The lowest BCUT2D eigenvalue weighted by Crippen LogP contribution is -2.47. The van der Waals surface area contributed by atoms with Crippen molar-refractivity contribution in [3.05, 3.63) is 53.7 Å². The fourth-order valence-corrected chi connectivity index (χ4v) is 4.37. The van der Waals surface area contributed by atoms with Crippen LogP contribution in [0.3, 0.4) is 0 Å². The number of rotatable bonds is 3. The molecule has 178 valence electrons. The van der Waals surface area contributed by atoms with Gasteiger partial charge in [0.15, 0.2) is 11.6 Å². The number of ether oxygens (including phenoxy) is 3. The summed E-state index contributed by atoms with van der Waals surface area (Å²) in [7, 11) is 1.32. The summed E-state index contributed by atoms with van der Waals surface area (Å²) in [6.07, 6.45) is -0.868. The second-order valence-corrected chi connectivity index (χ2v) is 8.39. The third-order valence-corrected chi connectivity index (χ3v) is 5.96. The van der Waals surface area contributed by atoms with Gasteiger partial charge in [-0.05, 0) is 24.6 Å². The molecular weight excluding hydrogens is 446 g/mol. The Morgan fingerprint density at radius 2 is 2.18 bits per heavy atom. The molecule has 1 amide bonds. The van der Waals surface area contributed by atoms with Gasteiger partial charge in [0.05, 0.1) is 55.2 Å². The van der Waals surface area contributed by atoms with E-state index >= 15 is 8.78 Å². The van der Waals surface area contributed by atoms with E-state index in [1.54, 1.807) is 9.47 Å². The lowest BCUT2D eigenvalue weighted by molar-refractivity contribution is -0.0310. The Morgan fingerprint density at radius 3 is 2.97 bits per heavy atom. The van der Waals surface area contributed by atoms with Crippen molar-refractivity contribution in [3.63, 3.8) is 0 Å². The summed E-state index contributed by atoms with van der Waals surface area (Å²) < 4.78 is 48.9. The lowest BCUT2D eigenvalue weighted by atomic mass is 10.1. The third kappa shape index (κ3) is 3.83. The molecular formula is C24H24F2N4O4. The SMILES string of the molecule is C=C1COc2c(cc(F)c(-c3nc4cc(C)ccc4n3C[C@H]3CN(C(=O)OC)CCO3)c2F)N1. The minimum absolute atomic E-state index is 0.0733. The maximum Gasteiger partial charge on any atom is 0.409 e. The molecule has 0 unspecified atom stereocenters. The molecule has 2 aromatic carbocycles. The van der Waals surface area contributed by atoms with Crippen molar-refractivity contribution in [1.29, 1.82) is 0 Å². The predicted molar refractivity (Wildman–Crippen MR) is 122 cm³/mol. The molecule has 1 atom stereocenters. The van der Waals surface area contributed by atoms with Crippen molar-refractivity contribution in [2.75, 3.05) is 38.7 Å². The number of carbonyl (C=O) groups is 1. The van der Waals surface area contributed by atoms with Crippen molar-refractivity contribution >= 4 is 22.8 Å². The average molecular weight is 470 g/mol. The van der Waals surface area contributed by atoms with E-state index in [0.717, 1.165) is 5.56 Å². The first-order valence-electron chi connectivity index (χ1n) is 10.9. The number of morpholine rings is 1. The fourth-order valence-electron chi connectivity index (χ4n) is 4.37. The van der Waals surface area contributed by atoms with Gasteiger partial charge in [-0.1, -0.05) is 12.6 Å². The second kappa shape index (κ2) is 8.60. The van der Waals surface area contributed by atoms with Gasteiger partial charge in [0, 0.05) is 18.3 Å². The normalized spacial score (nSPS) is 17.8. The Labute approximate surface area is 194 Å². The molecule has 10 heteroatoms. The van der Waals surface area contributed by atoms with Crippen LogP contribution < -0.4 is 10.1 Å². The molecule has 0 spiro atoms. The molecule has 3 heterocycles. The first kappa shape index (κ1) is 22.1. The van der Waals surface area contributed by atoms with Crippen LogP contribution in [0.5, 0.6) is 5.75 Å². The molecule has 3 aromatic rings. The van der Waals surface area contributed by atoms with Crippen molar-refractivity contribution in [3.8, 4) is 17.1 Å². The number of imidazole rings is 1. The Kier molecular flexibility index (Phi) is 5.60. The molecule has 1 saturated heterocycles. The van der Waals surface area contributed by atoms with E-state index in [1.807, 2.05) is 25.1 Å². The number of methoxy groups -OCH3 is 1. The average Bonchev–Trinajstić information content (AvgIpc) is 3.15. The lowest BCUT2D eigenvalue weighted by Gasteiger charge is -2.32. The largest absolute Gasteiger partial charge is 0.482 e. The first-order chi connectivity index (χ1) is 16.4. The van der Waals surface area contributed by atoms with Gasteiger partial charge in [0.25, 0.3) is 0 Å². The molecule has 1 N–H and O–H groups in total. The van der Waals surface area contributed by atoms with E-state index in [1.165, 1.54) is 13.2 Å². The number of aromatic nitrogens is 2. The van der Waals surface area contributed by atoms with E-state index in [2.05, 4.69) is 16.9 Å². The van der Waals surface area contributed by atoms with Gasteiger partial charge in [-0.15, -0.1) is 0 Å². The van der Waals surface area contributed by atoms with Crippen molar-refractivity contribution in [2.45, 2.75) is 19.6 Å². The number of anilines is 1. The number of benzene rings is 2. The number of hydrogen-bond acceptors (Lipinski definition) is 6. The maximum atomic E-state index is 15.6. The summed E-state index contributed by atoms with van der Waals surface area (Å²) in [6.45, 7) is 6.98. The van der Waals surface area contributed by atoms with Crippen LogP contribution in [0.1, 0.15) is 5.56 Å². The van der Waals surface area contributed by atoms with Gasteiger partial charge in [-0.2, -0.15) is 0 Å². The minimum Gasteiger partial charge on any atom is -0.482 e. The van der Waals surface area contributed by atoms with Gasteiger partial charge < -0.3 is 29.0 Å². The molecule has 0 saturated carbocycles. The summed E-state index contributed by atoms with van der Waals surface area (Å²) >= 11 is 0. The maximum absolute atomic E-state index is 15.6. The number of fused-ring (bicyclic) bond motifs is 2. The zero-order valence-electron chi connectivity index (χ0n) is 18.9. The van der Waals surface area contributed by atoms with E-state index in [4.69, 9.17) is 14.2 Å². The minimum atomic E-state index is -0.843. The number of halogens is 2. The highest BCUT2D eigenvalue weighted by atomic mass is 19.1. The van der Waals surface area contributed by atoms with E-state index in [-0.39, 0.29) is 42.5 Å². The summed E-state index contributed by atoms with van der Waals surface area (Å²) in [6, 6.07) is 6.81. The van der Waals surface area contributed by atoms with Crippen LogP contribution in [0.4, 0.5) is 19.3 Å². The second-order valence-electron chi connectivity index (χ2n) is 8.39. The topological polar surface area (TPSA) is 77.9 Å². The van der Waals surface area contributed by atoms with Crippen LogP contribution in [0, 0.1) is 18.6 Å². The Morgan fingerprint density at radius 1 is 1.35 bits per heavy atom. The van der Waals surface area contributed by atoms with Crippen molar-refractivity contribution < 1.29 is 27.8 Å². The molecule has 5 rings (SSSR count). The first-order valence-corrected chi connectivity index (χ1v) is 10.9. The predicted octanol–water partition coefficient (Wildman–Crippen LogP) is 4.08. The van der Waals surface area contributed by atoms with Gasteiger partial charge in [0.1, 0.15) is 18.2 Å². The van der Waals surface area contributed by atoms with Crippen LogP contribution in [0.2, 0.25) is 0 Å². The molecule has 1 aromatic heterocycles. The van der Waals surface area contributed by atoms with E-state index in [9.17, 15) is 4.79 Å². The molecule has 2 aliphatic heterocycles. The van der Waals surface area contributed by atoms with Gasteiger partial charge in [-0.25, -0.2) is 18.6 Å². The van der Waals surface area contributed by atoms with Crippen LogP contribution >= 0.6 is 0 Å². The highest BCUT2D eigenvalue weighted by Gasteiger charge is 2.30. The van der Waals surface area contributed by atoms with E-state index in [0.29, 0.717) is 29.9 Å². The Bertz CT molecular complexity index is 1310. The van der Waals surface area contributed by atoms with Crippen LogP contribution in [0.25, 0.3) is 22.4 Å². The summed E-state index contributed by atoms with van der Waals surface area (Å²) in [5.41, 5.74) is 2.65. The number of carbonyl (C=O) groups excluding carboxylic acids is 1. The van der Waals surface area contributed by atoms with Gasteiger partial charge in [-0.3, -0.25) is 0 Å². The molecule has 34 heavy (non-hydrogen) atoms. The fraction of sp³-hybridized carbons (Fsp3) is 0.333. The van der Waals surface area contributed by atoms with Crippen LogP contribution in [0.15, 0.2) is 36.5 Å². The standard InChI is InChI=1S/C24H24F2N4O4/c1-13-4-5-19-17(8-13)28-23(30(19)11-15-10-29(6-7-33-15)24(31)32-3)20-16(25)9-18-22(21(20)26)34-12-14(2)27-18/h4-5,8-9,15,27H,2,6-7,10-12H2,1,3H3/t15-/m1/s1. The molecule has 0 bridgehead atoms. The van der Waals surface area contributed by atoms with E-state index < -0.39 is 23.8 Å². The summed E-state index contributed by atoms with van der Waals surface area (Å²) in [4.78, 5) is 18.1. The zero-order chi connectivity index (χ0) is 24.0. The smallest absolute Gasteiger partial charge is 0.409 e. The number of nitrogens with one attached hydrogen (secondary N) is 1. The van der Waals surface area contributed by atoms with Gasteiger partial charge in [0.2, 0.25) is 0 Å². The zero-order valence-corrected chi connectivity index (χ0v) is 18.9. The number of hydrogen-bond donors (Lipinski definition) is 1. The Balaban J connectivity index is 1.61. The van der Waals surface area contributed by atoms with Crippen LogP contribution in [-0.4, -0.2) is 60.1 Å². The quantitative estimate of drug-likeness (QED) is 0.622. The van der Waals surface area contributed by atoms with Crippen LogP contribution in [-0.2, 0) is 16.0 Å². The molecule has 2 aliphatic rings. The molecule has 8 nitrogen and oxygen atoms in total. The highest BCUT2D eigenvalue weighted by Crippen LogP contribution is 2.40. The third-order valence-electron chi connectivity index (χ3n) is 5.96. The monoisotopic (exact) mass is 470 g/mol. The number of aryl methyl sites for hydroxylation is 1. The van der Waals surface area contributed by atoms with Gasteiger partial charge >= 0.3 is 6.09 Å². The Hall–Kier alpha value is -3.66. The summed E-state index contributed by atoms with van der Waals surface area (Å²) in [5, 5.41) is 2.86. The number of nitrogens with zero attached hydrogens (tertiary/aromatic N) is 3. The molecule has 0 aliphatic carbocycles. The number of amides is 1. The molecule has 0 radical (unpaired) electrons. The van der Waals surface area contributed by atoms with Crippen molar-refractivity contribution in [1.82, 2.24) is 14.5 Å². The van der Waals surface area contributed by atoms with Crippen molar-refractivity contribution in [2.24, 2.45) is 0 Å².